The highest BCUT2D eigenvalue weighted by molar-refractivity contribution is 7.12. The first kappa shape index (κ1) is 10.6. The van der Waals surface area contributed by atoms with E-state index in [1.165, 1.54) is 11.3 Å². The first-order valence-electron chi connectivity index (χ1n) is 5.20. The zero-order chi connectivity index (χ0) is 10.8. The Morgan fingerprint density at radius 2 is 2.47 bits per heavy atom. The van der Waals surface area contributed by atoms with Crippen molar-refractivity contribution in [3.8, 4) is 0 Å². The van der Waals surface area contributed by atoms with Crippen LogP contribution in [0.4, 0.5) is 0 Å². The van der Waals surface area contributed by atoms with Gasteiger partial charge >= 0.3 is 0 Å². The summed E-state index contributed by atoms with van der Waals surface area (Å²) in [6.45, 7) is 3.20. The van der Waals surface area contributed by atoms with Crippen LogP contribution < -0.4 is 0 Å². The molecule has 2 heterocycles. The molecule has 1 fully saturated rings. The Morgan fingerprint density at radius 3 is 3.07 bits per heavy atom. The Balaban J connectivity index is 2.11. The van der Waals surface area contributed by atoms with Crippen LogP contribution in [0.2, 0.25) is 0 Å². The topological polar surface area (TPSA) is 40.5 Å². The van der Waals surface area contributed by atoms with Crippen LogP contribution in [0, 0.1) is 6.92 Å². The molecule has 1 aliphatic rings. The molecule has 1 saturated heterocycles. The van der Waals surface area contributed by atoms with Crippen molar-refractivity contribution in [2.45, 2.75) is 25.9 Å². The van der Waals surface area contributed by atoms with E-state index in [-0.39, 0.29) is 12.0 Å². The van der Waals surface area contributed by atoms with Crippen LogP contribution in [-0.4, -0.2) is 35.1 Å². The largest absolute Gasteiger partial charge is 0.391 e. The number of hydrogen-bond acceptors (Lipinski definition) is 3. The van der Waals surface area contributed by atoms with Gasteiger partial charge in [-0.2, -0.15) is 0 Å². The van der Waals surface area contributed by atoms with Crippen molar-refractivity contribution in [2.24, 2.45) is 0 Å². The van der Waals surface area contributed by atoms with E-state index in [1.54, 1.807) is 4.90 Å². The molecule has 0 aliphatic carbocycles. The number of rotatable bonds is 1. The molecule has 4 heteroatoms. The average molecular weight is 225 g/mol. The van der Waals surface area contributed by atoms with E-state index in [0.29, 0.717) is 6.54 Å². The summed E-state index contributed by atoms with van der Waals surface area (Å²) in [6.07, 6.45) is 1.37. The van der Waals surface area contributed by atoms with Gasteiger partial charge < -0.3 is 10.0 Å². The number of amides is 1. The monoisotopic (exact) mass is 225 g/mol. The van der Waals surface area contributed by atoms with E-state index in [1.807, 2.05) is 18.4 Å². The van der Waals surface area contributed by atoms with Crippen LogP contribution in [0.1, 0.15) is 28.1 Å². The molecule has 0 radical (unpaired) electrons. The summed E-state index contributed by atoms with van der Waals surface area (Å²) in [6, 6.07) is 1.96. The molecular formula is C11H15NO2S. The Hall–Kier alpha value is -0.870. The molecule has 0 spiro atoms. The molecule has 1 atom stereocenters. The normalized spacial score (nSPS) is 21.7. The fourth-order valence-corrected chi connectivity index (χ4v) is 2.77. The first-order chi connectivity index (χ1) is 7.18. The molecule has 15 heavy (non-hydrogen) atoms. The summed E-state index contributed by atoms with van der Waals surface area (Å²) in [4.78, 5) is 14.6. The maximum Gasteiger partial charge on any atom is 0.264 e. The molecule has 2 rings (SSSR count). The van der Waals surface area contributed by atoms with Gasteiger partial charge in [-0.25, -0.2) is 0 Å². The van der Waals surface area contributed by atoms with Gasteiger partial charge in [-0.1, -0.05) is 0 Å². The summed E-state index contributed by atoms with van der Waals surface area (Å²) >= 11 is 1.48. The molecular weight excluding hydrogens is 210 g/mol. The molecule has 0 aromatic carbocycles. The van der Waals surface area contributed by atoms with E-state index < -0.39 is 0 Å². The first-order valence-corrected chi connectivity index (χ1v) is 6.08. The second-order valence-corrected chi connectivity index (χ2v) is 4.90. The molecule has 1 amide bonds. The highest BCUT2D eigenvalue weighted by Crippen LogP contribution is 2.20. The van der Waals surface area contributed by atoms with E-state index in [0.717, 1.165) is 29.8 Å². The van der Waals surface area contributed by atoms with Gasteiger partial charge in [-0.15, -0.1) is 11.3 Å². The summed E-state index contributed by atoms with van der Waals surface area (Å²) in [5.74, 6) is 0.0706. The number of carbonyl (C=O) groups is 1. The van der Waals surface area contributed by atoms with Crippen LogP contribution >= 0.6 is 11.3 Å². The van der Waals surface area contributed by atoms with Crippen molar-refractivity contribution >= 4 is 17.2 Å². The van der Waals surface area contributed by atoms with Gasteiger partial charge in [0.15, 0.2) is 0 Å². The number of β-amino-alcohol motifs (C(OH)–C–C–N with tert-alkyl or cyclic N) is 1. The highest BCUT2D eigenvalue weighted by Gasteiger charge is 2.24. The van der Waals surface area contributed by atoms with Gasteiger partial charge in [0.1, 0.15) is 0 Å². The molecule has 82 valence electrons. The number of nitrogens with zero attached hydrogens (tertiary/aromatic N) is 1. The summed E-state index contributed by atoms with van der Waals surface area (Å²) < 4.78 is 0. The Morgan fingerprint density at radius 1 is 1.67 bits per heavy atom. The quantitative estimate of drug-likeness (QED) is 0.789. The van der Waals surface area contributed by atoms with Gasteiger partial charge in [-0.3, -0.25) is 4.79 Å². The standard InChI is InChI=1S/C11H15NO2S/c1-8-4-6-15-10(8)11(14)12-5-2-3-9(13)7-12/h4,6,9,13H,2-3,5,7H2,1H3. The number of aryl methyl sites for hydroxylation is 1. The SMILES string of the molecule is Cc1ccsc1C(=O)N1CCCC(O)C1. The number of likely N-dealkylation sites (tertiary alicyclic amines) is 1. The number of thiophene rings is 1. The van der Waals surface area contributed by atoms with Crippen molar-refractivity contribution in [1.82, 2.24) is 4.90 Å². The third kappa shape index (κ3) is 2.21. The average Bonchev–Trinajstić information content (AvgIpc) is 2.63. The maximum absolute atomic E-state index is 12.1. The van der Waals surface area contributed by atoms with Gasteiger partial charge in [0.25, 0.3) is 5.91 Å². The van der Waals surface area contributed by atoms with Crippen molar-refractivity contribution in [2.75, 3.05) is 13.1 Å². The molecule has 0 bridgehead atoms. The fourth-order valence-electron chi connectivity index (χ4n) is 1.87. The number of aliphatic hydroxyl groups is 1. The molecule has 0 saturated carbocycles. The number of carbonyl (C=O) groups excluding carboxylic acids is 1. The third-order valence-corrected chi connectivity index (χ3v) is 3.74. The van der Waals surface area contributed by atoms with Gasteiger partial charge in [0.05, 0.1) is 11.0 Å². The van der Waals surface area contributed by atoms with Crippen LogP contribution in [0.15, 0.2) is 11.4 Å². The minimum absolute atomic E-state index is 0.0706. The third-order valence-electron chi connectivity index (χ3n) is 2.74. The number of aliphatic hydroxyl groups excluding tert-OH is 1. The van der Waals surface area contributed by atoms with Crippen molar-refractivity contribution in [3.05, 3.63) is 21.9 Å². The molecule has 1 N–H and O–H groups in total. The lowest BCUT2D eigenvalue weighted by Crippen LogP contribution is -2.42. The number of piperidine rings is 1. The predicted octanol–water partition coefficient (Wildman–Crippen LogP) is 1.65. The Kier molecular flexibility index (Phi) is 3.07. The lowest BCUT2D eigenvalue weighted by atomic mass is 10.1. The second kappa shape index (κ2) is 4.33. The van der Waals surface area contributed by atoms with E-state index >= 15 is 0 Å². The molecule has 3 nitrogen and oxygen atoms in total. The molecule has 1 aromatic rings. The van der Waals surface area contributed by atoms with Crippen LogP contribution in [0.3, 0.4) is 0 Å². The zero-order valence-electron chi connectivity index (χ0n) is 8.77. The molecule has 1 aliphatic heterocycles. The summed E-state index contributed by atoms with van der Waals surface area (Å²) in [7, 11) is 0. The van der Waals surface area contributed by atoms with Gasteiger partial charge in [0.2, 0.25) is 0 Å². The van der Waals surface area contributed by atoms with Crippen LogP contribution in [-0.2, 0) is 0 Å². The minimum atomic E-state index is -0.344. The molecule has 1 unspecified atom stereocenters. The molecule has 1 aromatic heterocycles. The minimum Gasteiger partial charge on any atom is -0.391 e. The van der Waals surface area contributed by atoms with E-state index in [2.05, 4.69) is 0 Å². The zero-order valence-corrected chi connectivity index (χ0v) is 9.59. The van der Waals surface area contributed by atoms with Crippen molar-refractivity contribution < 1.29 is 9.90 Å². The van der Waals surface area contributed by atoms with Crippen molar-refractivity contribution in [1.29, 1.82) is 0 Å². The predicted molar refractivity (Wildman–Crippen MR) is 60.2 cm³/mol. The Labute approximate surface area is 93.3 Å². The summed E-state index contributed by atoms with van der Waals surface area (Å²) in [5, 5.41) is 11.4. The maximum atomic E-state index is 12.1. The Bertz CT molecular complexity index is 361. The fraction of sp³-hybridized carbons (Fsp3) is 0.545. The van der Waals surface area contributed by atoms with E-state index in [4.69, 9.17) is 0 Å². The van der Waals surface area contributed by atoms with Crippen molar-refractivity contribution in [3.63, 3.8) is 0 Å². The lowest BCUT2D eigenvalue weighted by molar-refractivity contribution is 0.0477. The second-order valence-electron chi connectivity index (χ2n) is 3.98. The highest BCUT2D eigenvalue weighted by atomic mass is 32.1. The summed E-state index contributed by atoms with van der Waals surface area (Å²) in [5.41, 5.74) is 1.03. The number of hydrogen-bond donors (Lipinski definition) is 1. The smallest absolute Gasteiger partial charge is 0.264 e. The van der Waals surface area contributed by atoms with Crippen LogP contribution in [0.5, 0.6) is 0 Å². The van der Waals surface area contributed by atoms with Crippen LogP contribution in [0.25, 0.3) is 0 Å². The van der Waals surface area contributed by atoms with Gasteiger partial charge in [0, 0.05) is 13.1 Å². The lowest BCUT2D eigenvalue weighted by Gasteiger charge is -2.29. The van der Waals surface area contributed by atoms with Gasteiger partial charge in [-0.05, 0) is 36.8 Å². The van der Waals surface area contributed by atoms with E-state index in [9.17, 15) is 9.90 Å².